The summed E-state index contributed by atoms with van der Waals surface area (Å²) < 4.78 is 0. The maximum atomic E-state index is 12.8. The van der Waals surface area contributed by atoms with Crippen LogP contribution in [0.25, 0.3) is 33.1 Å². The Morgan fingerprint density at radius 2 is 1.94 bits per heavy atom. The first-order valence-electron chi connectivity index (χ1n) is 11.6. The van der Waals surface area contributed by atoms with Crippen molar-refractivity contribution in [2.75, 3.05) is 31.5 Å². The number of aromatic nitrogens is 3. The fourth-order valence-corrected chi connectivity index (χ4v) is 4.97. The number of nitrogens with zero attached hydrogens (tertiary/aromatic N) is 4. The van der Waals surface area contributed by atoms with Crippen LogP contribution in [0, 0.1) is 5.92 Å². The fourth-order valence-electron chi connectivity index (χ4n) is 4.69. The van der Waals surface area contributed by atoms with Crippen LogP contribution in [0.1, 0.15) is 26.7 Å². The van der Waals surface area contributed by atoms with Crippen LogP contribution in [0.15, 0.2) is 42.5 Å². The van der Waals surface area contributed by atoms with Crippen molar-refractivity contribution in [3.63, 3.8) is 0 Å². The molecule has 1 saturated heterocycles. The van der Waals surface area contributed by atoms with Crippen LogP contribution < -0.4 is 5.32 Å². The second kappa shape index (κ2) is 8.94. The quantitative estimate of drug-likeness (QED) is 0.436. The molecule has 0 unspecified atom stereocenters. The molecule has 0 aliphatic carbocycles. The lowest BCUT2D eigenvalue weighted by molar-refractivity contribution is -0.136. The molecule has 0 bridgehead atoms. The van der Waals surface area contributed by atoms with Gasteiger partial charge in [-0.3, -0.25) is 4.79 Å². The second-order valence-corrected chi connectivity index (χ2v) is 8.91. The van der Waals surface area contributed by atoms with Crippen molar-refractivity contribution in [2.24, 2.45) is 5.92 Å². The number of thiocarbonyl (C=S) groups is 1. The largest absolute Gasteiger partial charge is 0.348 e. The zero-order chi connectivity index (χ0) is 22.9. The van der Waals surface area contributed by atoms with Crippen LogP contribution in [0.3, 0.4) is 0 Å². The van der Waals surface area contributed by atoms with Crippen molar-refractivity contribution in [3.8, 4) is 0 Å². The van der Waals surface area contributed by atoms with Crippen LogP contribution in [-0.2, 0) is 4.79 Å². The molecule has 33 heavy (non-hydrogen) atoms. The summed E-state index contributed by atoms with van der Waals surface area (Å²) in [7, 11) is 0. The summed E-state index contributed by atoms with van der Waals surface area (Å²) in [5.41, 5.74) is 5.26. The standard InChI is InChI=1S/C25H28N6OS/c1-3-30(4-2)24(32)16-8-7-13-31(15-16)25(33)26-17-11-12-19-18(14-17)22-23(28-19)29-21-10-6-5-9-20(21)27-22/h5-6,9-12,14,16H,3-4,7-8,13,15H2,1-2H3,(H,26,33)(H,28,29)/t16-/m0/s1. The number of amides is 1. The molecular formula is C25H28N6OS. The van der Waals surface area contributed by atoms with Crippen molar-refractivity contribution in [3.05, 3.63) is 42.5 Å². The van der Waals surface area contributed by atoms with Gasteiger partial charge in [-0.25, -0.2) is 9.97 Å². The van der Waals surface area contributed by atoms with Gasteiger partial charge >= 0.3 is 0 Å². The summed E-state index contributed by atoms with van der Waals surface area (Å²) in [6.07, 6.45) is 1.88. The molecule has 3 heterocycles. The minimum Gasteiger partial charge on any atom is -0.348 e. The molecule has 1 amide bonds. The number of hydrogen-bond donors (Lipinski definition) is 2. The van der Waals surface area contributed by atoms with E-state index in [-0.39, 0.29) is 11.8 Å². The average molecular weight is 461 g/mol. The third-order valence-corrected chi connectivity index (χ3v) is 6.84. The Morgan fingerprint density at radius 3 is 2.70 bits per heavy atom. The SMILES string of the molecule is CCN(CC)C(=O)[C@H]1CCCN(C(=S)Nc2ccc3[nH]c4nc5ccccc5nc4c3c2)C1. The number of carbonyl (C=O) groups is 1. The molecule has 0 spiro atoms. The van der Waals surface area contributed by atoms with Crippen molar-refractivity contribution in [1.29, 1.82) is 0 Å². The van der Waals surface area contributed by atoms with Crippen molar-refractivity contribution >= 4 is 62.0 Å². The van der Waals surface area contributed by atoms with E-state index in [1.807, 2.05) is 55.1 Å². The van der Waals surface area contributed by atoms with Gasteiger partial charge in [-0.05, 0) is 69.2 Å². The Labute approximate surface area is 198 Å². The molecule has 8 heteroatoms. The molecule has 2 aromatic carbocycles. The van der Waals surface area contributed by atoms with Gasteiger partial charge in [0.25, 0.3) is 0 Å². The predicted octanol–water partition coefficient (Wildman–Crippen LogP) is 4.54. The lowest BCUT2D eigenvalue weighted by Crippen LogP contribution is -2.47. The topological polar surface area (TPSA) is 77.2 Å². The molecule has 0 saturated carbocycles. The van der Waals surface area contributed by atoms with Gasteiger partial charge in [-0.2, -0.15) is 0 Å². The van der Waals surface area contributed by atoms with E-state index in [4.69, 9.17) is 22.2 Å². The monoisotopic (exact) mass is 460 g/mol. The van der Waals surface area contributed by atoms with Crippen LogP contribution in [-0.4, -0.2) is 62.0 Å². The highest BCUT2D eigenvalue weighted by molar-refractivity contribution is 7.80. The predicted molar refractivity (Wildman–Crippen MR) is 137 cm³/mol. The lowest BCUT2D eigenvalue weighted by atomic mass is 9.96. The molecule has 170 valence electrons. The van der Waals surface area contributed by atoms with Crippen molar-refractivity contribution in [2.45, 2.75) is 26.7 Å². The number of anilines is 1. The third-order valence-electron chi connectivity index (χ3n) is 6.48. The van der Waals surface area contributed by atoms with Crippen LogP contribution in [0.4, 0.5) is 5.69 Å². The number of hydrogen-bond acceptors (Lipinski definition) is 4. The number of fused-ring (bicyclic) bond motifs is 4. The van der Waals surface area contributed by atoms with Gasteiger partial charge in [-0.1, -0.05) is 12.1 Å². The number of piperidine rings is 1. The summed E-state index contributed by atoms with van der Waals surface area (Å²) in [5.74, 6) is 0.233. The fraction of sp³-hybridized carbons (Fsp3) is 0.360. The highest BCUT2D eigenvalue weighted by atomic mass is 32.1. The van der Waals surface area contributed by atoms with Crippen molar-refractivity contribution in [1.82, 2.24) is 24.8 Å². The Kier molecular flexibility index (Phi) is 5.85. The van der Waals surface area contributed by atoms with E-state index in [0.717, 1.165) is 71.3 Å². The number of H-pyrrole nitrogens is 1. The summed E-state index contributed by atoms with van der Waals surface area (Å²) in [4.78, 5) is 29.8. The first kappa shape index (κ1) is 21.6. The minimum atomic E-state index is -0.00180. The van der Waals surface area contributed by atoms with E-state index >= 15 is 0 Å². The van der Waals surface area contributed by atoms with E-state index < -0.39 is 0 Å². The number of aromatic amines is 1. The molecule has 7 nitrogen and oxygen atoms in total. The highest BCUT2D eigenvalue weighted by Crippen LogP contribution is 2.28. The maximum Gasteiger partial charge on any atom is 0.227 e. The molecule has 5 rings (SSSR count). The second-order valence-electron chi connectivity index (χ2n) is 8.52. The molecule has 1 aliphatic rings. The summed E-state index contributed by atoms with van der Waals surface area (Å²) >= 11 is 5.73. The number of benzene rings is 2. The Morgan fingerprint density at radius 1 is 1.18 bits per heavy atom. The van der Waals surface area contributed by atoms with Gasteiger partial charge in [0.05, 0.1) is 17.0 Å². The molecule has 1 fully saturated rings. The smallest absolute Gasteiger partial charge is 0.227 e. The van der Waals surface area contributed by atoms with Gasteiger partial charge in [0.2, 0.25) is 5.91 Å². The zero-order valence-corrected chi connectivity index (χ0v) is 19.8. The Bertz CT molecular complexity index is 1340. The Balaban J connectivity index is 1.37. The molecule has 1 atom stereocenters. The molecular weight excluding hydrogens is 432 g/mol. The number of rotatable bonds is 4. The van der Waals surface area contributed by atoms with E-state index in [1.54, 1.807) is 0 Å². The third kappa shape index (κ3) is 4.11. The van der Waals surface area contributed by atoms with Crippen LogP contribution in [0.5, 0.6) is 0 Å². The van der Waals surface area contributed by atoms with Crippen LogP contribution in [0.2, 0.25) is 0 Å². The normalized spacial score (nSPS) is 16.4. The van der Waals surface area contributed by atoms with Gasteiger partial charge in [0.15, 0.2) is 10.8 Å². The Hall–Kier alpha value is -3.26. The number of likely N-dealkylation sites (tertiary alicyclic amines) is 1. The van der Waals surface area contributed by atoms with E-state index in [1.165, 1.54) is 0 Å². The highest BCUT2D eigenvalue weighted by Gasteiger charge is 2.29. The van der Waals surface area contributed by atoms with E-state index in [9.17, 15) is 4.79 Å². The number of nitrogens with one attached hydrogen (secondary N) is 2. The van der Waals surface area contributed by atoms with Gasteiger partial charge in [0, 0.05) is 42.8 Å². The van der Waals surface area contributed by atoms with E-state index in [0.29, 0.717) is 11.7 Å². The molecule has 4 aromatic rings. The number of carbonyl (C=O) groups excluding carboxylic acids is 1. The summed E-state index contributed by atoms with van der Waals surface area (Å²) in [6.45, 7) is 7.08. The van der Waals surface area contributed by atoms with Gasteiger partial charge in [0.1, 0.15) is 5.52 Å². The van der Waals surface area contributed by atoms with E-state index in [2.05, 4.69) is 21.3 Å². The average Bonchev–Trinajstić information content (AvgIpc) is 3.20. The summed E-state index contributed by atoms with van der Waals surface area (Å²) in [6, 6.07) is 14.0. The minimum absolute atomic E-state index is 0.00180. The summed E-state index contributed by atoms with van der Waals surface area (Å²) in [5, 5.41) is 5.04. The maximum absolute atomic E-state index is 12.8. The van der Waals surface area contributed by atoms with Gasteiger partial charge < -0.3 is 20.1 Å². The zero-order valence-electron chi connectivity index (χ0n) is 19.0. The first-order chi connectivity index (χ1) is 16.1. The van der Waals surface area contributed by atoms with Gasteiger partial charge in [-0.15, -0.1) is 0 Å². The molecule has 2 aromatic heterocycles. The lowest BCUT2D eigenvalue weighted by Gasteiger charge is -2.36. The van der Waals surface area contributed by atoms with Crippen molar-refractivity contribution < 1.29 is 4.79 Å². The molecule has 1 aliphatic heterocycles. The first-order valence-corrected chi connectivity index (χ1v) is 12.0. The molecule has 2 N–H and O–H groups in total. The number of para-hydroxylation sites is 2. The van der Waals surface area contributed by atoms with Crippen LogP contribution >= 0.6 is 12.2 Å². The molecule has 0 radical (unpaired) electrons.